The van der Waals surface area contributed by atoms with Crippen molar-refractivity contribution in [2.45, 2.75) is 32.1 Å². The SMILES string of the molecule is CCc1nc2cc(C3CCCNC3)ccc2n1C. The minimum absolute atomic E-state index is 0.662. The van der Waals surface area contributed by atoms with Crippen LogP contribution in [0.3, 0.4) is 0 Å². The van der Waals surface area contributed by atoms with Crippen LogP contribution in [-0.4, -0.2) is 22.6 Å². The quantitative estimate of drug-likeness (QED) is 0.878. The van der Waals surface area contributed by atoms with Crippen molar-refractivity contribution in [2.75, 3.05) is 13.1 Å². The number of aromatic nitrogens is 2. The molecule has 0 aliphatic carbocycles. The third-order valence-corrected chi connectivity index (χ3v) is 4.08. The predicted octanol–water partition coefficient (Wildman–Crippen LogP) is 2.60. The van der Waals surface area contributed by atoms with Gasteiger partial charge in [-0.1, -0.05) is 13.0 Å². The van der Waals surface area contributed by atoms with E-state index in [4.69, 9.17) is 4.98 Å². The average molecular weight is 243 g/mol. The minimum Gasteiger partial charge on any atom is -0.331 e. The molecule has 1 aliphatic rings. The van der Waals surface area contributed by atoms with E-state index in [1.165, 1.54) is 36.3 Å². The Bertz CT molecular complexity index is 550. The van der Waals surface area contributed by atoms with Crippen molar-refractivity contribution in [3.63, 3.8) is 0 Å². The maximum absolute atomic E-state index is 4.73. The maximum atomic E-state index is 4.73. The van der Waals surface area contributed by atoms with Crippen molar-refractivity contribution in [1.82, 2.24) is 14.9 Å². The summed E-state index contributed by atoms with van der Waals surface area (Å²) in [5, 5.41) is 3.48. The predicted molar refractivity (Wildman–Crippen MR) is 74.9 cm³/mol. The van der Waals surface area contributed by atoms with Crippen LogP contribution >= 0.6 is 0 Å². The Labute approximate surface area is 108 Å². The molecule has 1 aliphatic heterocycles. The third kappa shape index (κ3) is 1.93. The number of benzene rings is 1. The molecule has 0 bridgehead atoms. The molecule has 2 aromatic rings. The molecule has 96 valence electrons. The fourth-order valence-electron chi connectivity index (χ4n) is 2.97. The van der Waals surface area contributed by atoms with Crippen LogP contribution in [0.1, 0.15) is 37.1 Å². The van der Waals surface area contributed by atoms with Crippen LogP contribution < -0.4 is 5.32 Å². The monoisotopic (exact) mass is 243 g/mol. The number of nitrogens with one attached hydrogen (secondary N) is 1. The molecule has 1 fully saturated rings. The van der Waals surface area contributed by atoms with E-state index in [-0.39, 0.29) is 0 Å². The second-order valence-corrected chi connectivity index (χ2v) is 5.23. The first-order valence-corrected chi connectivity index (χ1v) is 6.95. The molecular formula is C15H21N3. The molecule has 3 nitrogen and oxygen atoms in total. The van der Waals surface area contributed by atoms with Gasteiger partial charge in [-0.05, 0) is 43.0 Å². The molecule has 1 atom stereocenters. The van der Waals surface area contributed by atoms with Gasteiger partial charge < -0.3 is 9.88 Å². The lowest BCUT2D eigenvalue weighted by molar-refractivity contribution is 0.462. The van der Waals surface area contributed by atoms with Gasteiger partial charge in [-0.2, -0.15) is 0 Å². The smallest absolute Gasteiger partial charge is 0.109 e. The molecule has 1 aromatic carbocycles. The van der Waals surface area contributed by atoms with Gasteiger partial charge >= 0.3 is 0 Å². The summed E-state index contributed by atoms with van der Waals surface area (Å²) in [6.07, 6.45) is 3.57. The largest absolute Gasteiger partial charge is 0.331 e. The normalized spacial score (nSPS) is 20.4. The molecule has 2 heterocycles. The first-order chi connectivity index (χ1) is 8.79. The van der Waals surface area contributed by atoms with Crippen LogP contribution in [0.2, 0.25) is 0 Å². The van der Waals surface area contributed by atoms with Crippen molar-refractivity contribution < 1.29 is 0 Å². The van der Waals surface area contributed by atoms with Crippen LogP contribution in [0.25, 0.3) is 11.0 Å². The molecule has 3 heteroatoms. The summed E-state index contributed by atoms with van der Waals surface area (Å²) < 4.78 is 2.21. The number of aryl methyl sites for hydroxylation is 2. The lowest BCUT2D eigenvalue weighted by Gasteiger charge is -2.23. The van der Waals surface area contributed by atoms with Crippen LogP contribution in [0.5, 0.6) is 0 Å². The fraction of sp³-hybridized carbons (Fsp3) is 0.533. The van der Waals surface area contributed by atoms with Gasteiger partial charge in [0.05, 0.1) is 11.0 Å². The highest BCUT2D eigenvalue weighted by molar-refractivity contribution is 5.77. The second kappa shape index (κ2) is 4.73. The first kappa shape index (κ1) is 11.7. The Hall–Kier alpha value is -1.35. The second-order valence-electron chi connectivity index (χ2n) is 5.23. The van der Waals surface area contributed by atoms with E-state index in [0.717, 1.165) is 18.5 Å². The van der Waals surface area contributed by atoms with Crippen molar-refractivity contribution in [1.29, 1.82) is 0 Å². The summed E-state index contributed by atoms with van der Waals surface area (Å²) in [4.78, 5) is 4.73. The molecule has 0 radical (unpaired) electrons. The number of fused-ring (bicyclic) bond motifs is 1. The average Bonchev–Trinajstić information content (AvgIpc) is 2.76. The molecule has 1 N–H and O–H groups in total. The van der Waals surface area contributed by atoms with Gasteiger partial charge in [-0.3, -0.25) is 0 Å². The maximum Gasteiger partial charge on any atom is 0.109 e. The van der Waals surface area contributed by atoms with Gasteiger partial charge in [-0.15, -0.1) is 0 Å². The lowest BCUT2D eigenvalue weighted by atomic mass is 9.91. The lowest BCUT2D eigenvalue weighted by Crippen LogP contribution is -2.28. The molecule has 0 saturated carbocycles. The molecule has 0 amide bonds. The van der Waals surface area contributed by atoms with Crippen LogP contribution in [0, 0.1) is 0 Å². The third-order valence-electron chi connectivity index (χ3n) is 4.08. The number of imidazole rings is 1. The Morgan fingerprint density at radius 3 is 3.06 bits per heavy atom. The molecular weight excluding hydrogens is 222 g/mol. The highest BCUT2D eigenvalue weighted by atomic mass is 15.1. The number of piperidine rings is 1. The van der Waals surface area contributed by atoms with Crippen LogP contribution in [0.15, 0.2) is 18.2 Å². The summed E-state index contributed by atoms with van der Waals surface area (Å²) >= 11 is 0. The number of rotatable bonds is 2. The van der Waals surface area contributed by atoms with E-state index in [1.807, 2.05) is 0 Å². The van der Waals surface area contributed by atoms with E-state index in [1.54, 1.807) is 0 Å². The van der Waals surface area contributed by atoms with Crippen molar-refractivity contribution in [3.8, 4) is 0 Å². The molecule has 1 aromatic heterocycles. The highest BCUT2D eigenvalue weighted by Gasteiger charge is 2.16. The molecule has 1 saturated heterocycles. The number of nitrogens with zero attached hydrogens (tertiary/aromatic N) is 2. The zero-order valence-electron chi connectivity index (χ0n) is 11.2. The highest BCUT2D eigenvalue weighted by Crippen LogP contribution is 2.26. The first-order valence-electron chi connectivity index (χ1n) is 6.95. The van der Waals surface area contributed by atoms with Crippen molar-refractivity contribution in [3.05, 3.63) is 29.6 Å². The minimum atomic E-state index is 0.662. The number of hydrogen-bond donors (Lipinski definition) is 1. The van der Waals surface area contributed by atoms with E-state index in [2.05, 4.69) is 42.1 Å². The summed E-state index contributed by atoms with van der Waals surface area (Å²) in [6, 6.07) is 6.79. The standard InChI is InChI=1S/C15H21N3/c1-3-15-17-13-9-11(6-7-14(13)18(15)2)12-5-4-8-16-10-12/h6-7,9,12,16H,3-5,8,10H2,1-2H3. The molecule has 3 rings (SSSR count). The van der Waals surface area contributed by atoms with Gasteiger partial charge in [0.15, 0.2) is 0 Å². The Morgan fingerprint density at radius 1 is 1.44 bits per heavy atom. The number of hydrogen-bond acceptors (Lipinski definition) is 2. The van der Waals surface area contributed by atoms with Gasteiger partial charge in [0.2, 0.25) is 0 Å². The van der Waals surface area contributed by atoms with Crippen LogP contribution in [0.4, 0.5) is 0 Å². The summed E-state index contributed by atoms with van der Waals surface area (Å²) in [5.74, 6) is 1.83. The summed E-state index contributed by atoms with van der Waals surface area (Å²) in [7, 11) is 2.11. The van der Waals surface area contributed by atoms with Crippen molar-refractivity contribution >= 4 is 11.0 Å². The van der Waals surface area contributed by atoms with Gasteiger partial charge in [0.1, 0.15) is 5.82 Å². The zero-order valence-corrected chi connectivity index (χ0v) is 11.2. The summed E-state index contributed by atoms with van der Waals surface area (Å²) in [6.45, 7) is 4.44. The zero-order chi connectivity index (χ0) is 12.5. The van der Waals surface area contributed by atoms with Gasteiger partial charge in [0, 0.05) is 20.0 Å². The van der Waals surface area contributed by atoms with Crippen molar-refractivity contribution in [2.24, 2.45) is 7.05 Å². The van der Waals surface area contributed by atoms with E-state index in [0.29, 0.717) is 5.92 Å². The Morgan fingerprint density at radius 2 is 2.33 bits per heavy atom. The Kier molecular flexibility index (Phi) is 3.08. The molecule has 1 unspecified atom stereocenters. The van der Waals surface area contributed by atoms with E-state index < -0.39 is 0 Å². The van der Waals surface area contributed by atoms with E-state index in [9.17, 15) is 0 Å². The van der Waals surface area contributed by atoms with Gasteiger partial charge in [-0.25, -0.2) is 4.98 Å². The molecule has 18 heavy (non-hydrogen) atoms. The van der Waals surface area contributed by atoms with Crippen LogP contribution in [-0.2, 0) is 13.5 Å². The summed E-state index contributed by atoms with van der Waals surface area (Å²) in [5.41, 5.74) is 3.84. The fourth-order valence-corrected chi connectivity index (χ4v) is 2.97. The topological polar surface area (TPSA) is 29.9 Å². The van der Waals surface area contributed by atoms with Gasteiger partial charge in [0.25, 0.3) is 0 Å². The molecule has 0 spiro atoms. The van der Waals surface area contributed by atoms with E-state index >= 15 is 0 Å². The Balaban J connectivity index is 2.00.